The number of nitrogens with zero attached hydrogens (tertiary/aromatic N) is 1. The fourth-order valence-corrected chi connectivity index (χ4v) is 2.18. The van der Waals surface area contributed by atoms with E-state index in [9.17, 15) is 19.7 Å². The van der Waals surface area contributed by atoms with E-state index in [2.05, 4.69) is 5.32 Å². The van der Waals surface area contributed by atoms with Crippen LogP contribution in [0.3, 0.4) is 0 Å². The van der Waals surface area contributed by atoms with Crippen LogP contribution in [0.25, 0.3) is 6.08 Å². The molecular formula is C20H20N2O5. The van der Waals surface area contributed by atoms with Gasteiger partial charge in [-0.1, -0.05) is 25.5 Å². The molecule has 1 amide bonds. The number of hydrogen-bond donors (Lipinski definition) is 1. The number of non-ortho nitro benzene ring substituents is 1. The number of benzene rings is 2. The average Bonchev–Trinajstić information content (AvgIpc) is 2.67. The molecule has 1 N–H and O–H groups in total. The number of anilines is 1. The van der Waals surface area contributed by atoms with Gasteiger partial charge in [-0.05, 0) is 42.3 Å². The number of carbonyl (C=O) groups is 2. The second-order valence-corrected chi connectivity index (χ2v) is 5.74. The van der Waals surface area contributed by atoms with Crippen molar-refractivity contribution >= 4 is 29.3 Å². The summed E-state index contributed by atoms with van der Waals surface area (Å²) in [5, 5.41) is 13.4. The molecule has 0 spiro atoms. The third-order valence-corrected chi connectivity index (χ3v) is 3.63. The Labute approximate surface area is 156 Å². The van der Waals surface area contributed by atoms with Crippen molar-refractivity contribution in [2.45, 2.75) is 19.8 Å². The van der Waals surface area contributed by atoms with E-state index in [1.165, 1.54) is 24.3 Å². The molecule has 27 heavy (non-hydrogen) atoms. The molecule has 0 aliphatic carbocycles. The predicted octanol–water partition coefficient (Wildman–Crippen LogP) is 4.20. The van der Waals surface area contributed by atoms with E-state index >= 15 is 0 Å². The molecule has 140 valence electrons. The quantitative estimate of drug-likeness (QED) is 0.247. The van der Waals surface area contributed by atoms with Crippen molar-refractivity contribution < 1.29 is 19.2 Å². The first-order valence-electron chi connectivity index (χ1n) is 8.50. The van der Waals surface area contributed by atoms with Crippen LogP contribution >= 0.6 is 0 Å². The standard InChI is InChI=1S/C20H20N2O5/c1-2-3-13-27-20(24)16-8-10-17(11-9-16)21-19(23)12-7-15-5-4-6-18(14-15)22(25)26/h4-12,14H,2-3,13H2,1H3,(H,21,23)/b12-7+. The molecule has 2 aromatic rings. The Morgan fingerprint density at radius 1 is 1.19 bits per heavy atom. The Hall–Kier alpha value is -3.48. The molecule has 2 aromatic carbocycles. The van der Waals surface area contributed by atoms with Crippen molar-refractivity contribution in [1.29, 1.82) is 0 Å². The van der Waals surface area contributed by atoms with Gasteiger partial charge in [-0.3, -0.25) is 14.9 Å². The molecule has 0 saturated heterocycles. The lowest BCUT2D eigenvalue weighted by atomic mass is 10.2. The molecule has 0 bridgehead atoms. The number of nitro benzene ring substituents is 1. The van der Waals surface area contributed by atoms with E-state index in [4.69, 9.17) is 4.74 Å². The van der Waals surface area contributed by atoms with Gasteiger partial charge in [0, 0.05) is 23.9 Å². The summed E-state index contributed by atoms with van der Waals surface area (Å²) in [4.78, 5) is 34.1. The lowest BCUT2D eigenvalue weighted by Crippen LogP contribution is -2.09. The maximum atomic E-state index is 12.0. The lowest BCUT2D eigenvalue weighted by molar-refractivity contribution is -0.384. The highest BCUT2D eigenvalue weighted by atomic mass is 16.6. The molecule has 0 aliphatic rings. The number of rotatable bonds is 8. The van der Waals surface area contributed by atoms with Gasteiger partial charge < -0.3 is 10.1 Å². The third kappa shape index (κ3) is 6.39. The van der Waals surface area contributed by atoms with Crippen LogP contribution in [0.15, 0.2) is 54.6 Å². The lowest BCUT2D eigenvalue weighted by Gasteiger charge is -2.05. The first kappa shape index (κ1) is 19.8. The Kier molecular flexibility index (Phi) is 7.25. The van der Waals surface area contributed by atoms with E-state index in [1.54, 1.807) is 36.4 Å². The molecular weight excluding hydrogens is 348 g/mol. The maximum absolute atomic E-state index is 12.0. The molecule has 7 nitrogen and oxygen atoms in total. The number of nitrogens with one attached hydrogen (secondary N) is 1. The number of carbonyl (C=O) groups excluding carboxylic acids is 2. The summed E-state index contributed by atoms with van der Waals surface area (Å²) in [5.41, 5.74) is 1.44. The van der Waals surface area contributed by atoms with E-state index in [0.717, 1.165) is 12.8 Å². The summed E-state index contributed by atoms with van der Waals surface area (Å²) in [6.07, 6.45) is 4.53. The van der Waals surface area contributed by atoms with Crippen LogP contribution in [0, 0.1) is 10.1 Å². The van der Waals surface area contributed by atoms with Gasteiger partial charge in [-0.25, -0.2) is 4.79 Å². The number of unbranched alkanes of at least 4 members (excludes halogenated alkanes) is 1. The Bertz CT molecular complexity index is 844. The summed E-state index contributed by atoms with van der Waals surface area (Å²) in [6, 6.07) is 12.3. The van der Waals surface area contributed by atoms with E-state index in [-0.39, 0.29) is 11.6 Å². The Morgan fingerprint density at radius 2 is 1.93 bits per heavy atom. The smallest absolute Gasteiger partial charge is 0.338 e. The highest BCUT2D eigenvalue weighted by Gasteiger charge is 2.07. The number of amides is 1. The van der Waals surface area contributed by atoms with Gasteiger partial charge in [0.25, 0.3) is 5.69 Å². The molecule has 0 unspecified atom stereocenters. The SMILES string of the molecule is CCCCOC(=O)c1ccc(NC(=O)/C=C/c2cccc([N+](=O)[O-])c2)cc1. The van der Waals surface area contributed by atoms with E-state index in [1.807, 2.05) is 6.92 Å². The third-order valence-electron chi connectivity index (χ3n) is 3.63. The summed E-state index contributed by atoms with van der Waals surface area (Å²) >= 11 is 0. The zero-order valence-corrected chi connectivity index (χ0v) is 14.9. The average molecular weight is 368 g/mol. The van der Waals surface area contributed by atoms with Gasteiger partial charge in [0.05, 0.1) is 17.1 Å². The molecule has 0 radical (unpaired) electrons. The topological polar surface area (TPSA) is 98.5 Å². The highest BCUT2D eigenvalue weighted by Crippen LogP contribution is 2.15. The van der Waals surface area contributed by atoms with Gasteiger partial charge in [-0.2, -0.15) is 0 Å². The van der Waals surface area contributed by atoms with Gasteiger partial charge in [0.15, 0.2) is 0 Å². The van der Waals surface area contributed by atoms with Gasteiger partial charge in [-0.15, -0.1) is 0 Å². The van der Waals surface area contributed by atoms with Crippen LogP contribution < -0.4 is 5.32 Å². The van der Waals surface area contributed by atoms with Crippen LogP contribution in [0.4, 0.5) is 11.4 Å². The zero-order chi connectivity index (χ0) is 19.6. The molecule has 0 atom stereocenters. The fourth-order valence-electron chi connectivity index (χ4n) is 2.18. The normalized spacial score (nSPS) is 10.6. The molecule has 0 saturated carbocycles. The van der Waals surface area contributed by atoms with Crippen LogP contribution in [0.2, 0.25) is 0 Å². The molecule has 0 fully saturated rings. The minimum Gasteiger partial charge on any atom is -0.462 e. The number of hydrogen-bond acceptors (Lipinski definition) is 5. The van der Waals surface area contributed by atoms with Gasteiger partial charge >= 0.3 is 5.97 Å². The van der Waals surface area contributed by atoms with Crippen molar-refractivity contribution in [3.63, 3.8) is 0 Å². The van der Waals surface area contributed by atoms with Crippen molar-refractivity contribution in [2.24, 2.45) is 0 Å². The summed E-state index contributed by atoms with van der Waals surface area (Å²) in [6.45, 7) is 2.40. The molecule has 7 heteroatoms. The molecule has 2 rings (SSSR count). The summed E-state index contributed by atoms with van der Waals surface area (Å²) < 4.78 is 5.12. The Morgan fingerprint density at radius 3 is 2.59 bits per heavy atom. The number of nitro groups is 1. The fraction of sp³-hybridized carbons (Fsp3) is 0.200. The summed E-state index contributed by atoms with van der Waals surface area (Å²) in [5.74, 6) is -0.785. The van der Waals surface area contributed by atoms with Crippen molar-refractivity contribution in [1.82, 2.24) is 0 Å². The second kappa shape index (κ2) is 9.86. The largest absolute Gasteiger partial charge is 0.462 e. The Balaban J connectivity index is 1.93. The second-order valence-electron chi connectivity index (χ2n) is 5.74. The first-order chi connectivity index (χ1) is 13.0. The van der Waals surface area contributed by atoms with Crippen molar-refractivity contribution in [2.75, 3.05) is 11.9 Å². The van der Waals surface area contributed by atoms with E-state index < -0.39 is 10.9 Å². The number of ether oxygens (including phenoxy) is 1. The van der Waals surface area contributed by atoms with Crippen LogP contribution in [0.5, 0.6) is 0 Å². The monoisotopic (exact) mass is 368 g/mol. The summed E-state index contributed by atoms with van der Waals surface area (Å²) in [7, 11) is 0. The van der Waals surface area contributed by atoms with E-state index in [0.29, 0.717) is 23.4 Å². The predicted molar refractivity (Wildman–Crippen MR) is 102 cm³/mol. The van der Waals surface area contributed by atoms with Crippen molar-refractivity contribution in [3.8, 4) is 0 Å². The zero-order valence-electron chi connectivity index (χ0n) is 14.9. The van der Waals surface area contributed by atoms with Crippen LogP contribution in [-0.4, -0.2) is 23.4 Å². The highest BCUT2D eigenvalue weighted by molar-refractivity contribution is 6.02. The van der Waals surface area contributed by atoms with Crippen molar-refractivity contribution in [3.05, 3.63) is 75.8 Å². The maximum Gasteiger partial charge on any atom is 0.338 e. The molecule has 0 heterocycles. The van der Waals surface area contributed by atoms with Crippen LogP contribution in [0.1, 0.15) is 35.7 Å². The van der Waals surface area contributed by atoms with Crippen LogP contribution in [-0.2, 0) is 9.53 Å². The van der Waals surface area contributed by atoms with Gasteiger partial charge in [0.2, 0.25) is 5.91 Å². The molecule has 0 aromatic heterocycles. The molecule has 0 aliphatic heterocycles. The minimum atomic E-state index is -0.494. The minimum absolute atomic E-state index is 0.0426. The van der Waals surface area contributed by atoms with Gasteiger partial charge in [0.1, 0.15) is 0 Å². The number of esters is 1. The first-order valence-corrected chi connectivity index (χ1v) is 8.50.